The zero-order valence-electron chi connectivity index (χ0n) is 12.4. The van der Waals surface area contributed by atoms with Gasteiger partial charge in [-0.2, -0.15) is 0 Å². The number of aromatic nitrogens is 2. The summed E-state index contributed by atoms with van der Waals surface area (Å²) >= 11 is 7.09. The van der Waals surface area contributed by atoms with Crippen LogP contribution in [0.1, 0.15) is 10.6 Å². The van der Waals surface area contributed by atoms with Crippen LogP contribution in [0.3, 0.4) is 0 Å². The fourth-order valence-electron chi connectivity index (χ4n) is 1.88. The van der Waals surface area contributed by atoms with Crippen molar-refractivity contribution in [2.75, 3.05) is 10.6 Å². The zero-order chi connectivity index (χ0) is 16.8. The largest absolute Gasteiger partial charge is 0.325 e. The Morgan fingerprint density at radius 2 is 1.71 bits per heavy atom. The van der Waals surface area contributed by atoms with Crippen molar-refractivity contribution in [1.82, 2.24) is 10.2 Å². The SMILES string of the molecule is O=C(Nc1ccc(Cl)cc1)Nc1nnc(/C=C/c2ccccc2)s1. The number of carbonyl (C=O) groups is 1. The molecule has 1 aromatic heterocycles. The number of hydrogen-bond acceptors (Lipinski definition) is 4. The van der Waals surface area contributed by atoms with E-state index in [-0.39, 0.29) is 6.03 Å². The number of urea groups is 1. The van der Waals surface area contributed by atoms with Crippen LogP contribution in [-0.4, -0.2) is 16.2 Å². The molecular formula is C17H13ClN4OS. The molecule has 0 saturated heterocycles. The molecule has 1 heterocycles. The van der Waals surface area contributed by atoms with Gasteiger partial charge in [0.05, 0.1) is 0 Å². The quantitative estimate of drug-likeness (QED) is 0.690. The average molecular weight is 357 g/mol. The van der Waals surface area contributed by atoms with Crippen LogP contribution in [0, 0.1) is 0 Å². The van der Waals surface area contributed by atoms with Crippen LogP contribution < -0.4 is 10.6 Å². The van der Waals surface area contributed by atoms with Crippen molar-refractivity contribution >= 4 is 51.9 Å². The second-order valence-corrected chi connectivity index (χ2v) is 6.22. The summed E-state index contributed by atoms with van der Waals surface area (Å²) in [5.74, 6) is 0. The maximum Gasteiger partial charge on any atom is 0.325 e. The molecule has 0 radical (unpaired) electrons. The summed E-state index contributed by atoms with van der Waals surface area (Å²) in [6.07, 6.45) is 3.80. The lowest BCUT2D eigenvalue weighted by atomic mass is 10.2. The van der Waals surface area contributed by atoms with E-state index in [1.807, 2.05) is 42.5 Å². The predicted octanol–water partition coefficient (Wildman–Crippen LogP) is 5.01. The summed E-state index contributed by atoms with van der Waals surface area (Å²) in [6.45, 7) is 0. The summed E-state index contributed by atoms with van der Waals surface area (Å²) in [4.78, 5) is 11.9. The van der Waals surface area contributed by atoms with Gasteiger partial charge in [-0.3, -0.25) is 5.32 Å². The minimum absolute atomic E-state index is 0.382. The van der Waals surface area contributed by atoms with Gasteiger partial charge in [0.1, 0.15) is 5.01 Å². The molecular weight excluding hydrogens is 344 g/mol. The normalized spacial score (nSPS) is 10.7. The molecule has 7 heteroatoms. The van der Waals surface area contributed by atoms with Crippen molar-refractivity contribution in [1.29, 1.82) is 0 Å². The molecule has 0 unspecified atom stereocenters. The van der Waals surface area contributed by atoms with E-state index in [1.165, 1.54) is 11.3 Å². The Kier molecular flexibility index (Phi) is 5.20. The highest BCUT2D eigenvalue weighted by Gasteiger charge is 2.07. The molecule has 2 aromatic carbocycles. The van der Waals surface area contributed by atoms with Crippen molar-refractivity contribution in [3.05, 3.63) is 70.2 Å². The minimum Gasteiger partial charge on any atom is -0.308 e. The highest BCUT2D eigenvalue weighted by atomic mass is 35.5. The van der Waals surface area contributed by atoms with Crippen molar-refractivity contribution in [2.45, 2.75) is 0 Å². The summed E-state index contributed by atoms with van der Waals surface area (Å²) in [5, 5.41) is 15.1. The Hall–Kier alpha value is -2.70. The number of halogens is 1. The lowest BCUT2D eigenvalue weighted by Gasteiger charge is -2.04. The molecule has 0 aliphatic rings. The van der Waals surface area contributed by atoms with E-state index >= 15 is 0 Å². The second-order valence-electron chi connectivity index (χ2n) is 4.78. The number of amides is 2. The maximum absolute atomic E-state index is 11.9. The van der Waals surface area contributed by atoms with Gasteiger partial charge >= 0.3 is 6.03 Å². The molecule has 3 rings (SSSR count). The Bertz CT molecular complexity index is 847. The number of benzene rings is 2. The van der Waals surface area contributed by atoms with E-state index in [4.69, 9.17) is 11.6 Å². The molecule has 0 aliphatic carbocycles. The maximum atomic E-state index is 11.9. The first-order valence-electron chi connectivity index (χ1n) is 7.09. The predicted molar refractivity (Wildman–Crippen MR) is 99.4 cm³/mol. The van der Waals surface area contributed by atoms with E-state index in [1.54, 1.807) is 24.3 Å². The van der Waals surface area contributed by atoms with Crippen LogP contribution in [-0.2, 0) is 0 Å². The van der Waals surface area contributed by atoms with Crippen LogP contribution in [0.25, 0.3) is 12.2 Å². The highest BCUT2D eigenvalue weighted by Crippen LogP contribution is 2.18. The first-order valence-corrected chi connectivity index (χ1v) is 8.29. The lowest BCUT2D eigenvalue weighted by molar-refractivity contribution is 0.262. The monoisotopic (exact) mass is 356 g/mol. The fourth-order valence-corrected chi connectivity index (χ4v) is 2.64. The van der Waals surface area contributed by atoms with Gasteiger partial charge in [0.2, 0.25) is 5.13 Å². The Morgan fingerprint density at radius 1 is 0.958 bits per heavy atom. The van der Waals surface area contributed by atoms with Crippen molar-refractivity contribution in [2.24, 2.45) is 0 Å². The van der Waals surface area contributed by atoms with E-state index in [2.05, 4.69) is 20.8 Å². The average Bonchev–Trinajstić information content (AvgIpc) is 3.03. The molecule has 0 aliphatic heterocycles. The number of hydrogen-bond donors (Lipinski definition) is 2. The summed E-state index contributed by atoms with van der Waals surface area (Å²) in [5.41, 5.74) is 1.72. The topological polar surface area (TPSA) is 66.9 Å². The molecule has 0 bridgehead atoms. The minimum atomic E-state index is -0.382. The molecule has 2 N–H and O–H groups in total. The fraction of sp³-hybridized carbons (Fsp3) is 0. The van der Waals surface area contributed by atoms with Gasteiger partial charge < -0.3 is 5.32 Å². The van der Waals surface area contributed by atoms with Crippen LogP contribution >= 0.6 is 22.9 Å². The van der Waals surface area contributed by atoms with Gasteiger partial charge in [-0.05, 0) is 35.9 Å². The molecule has 0 fully saturated rings. The molecule has 2 amide bonds. The van der Waals surface area contributed by atoms with Gasteiger partial charge in [-0.15, -0.1) is 10.2 Å². The van der Waals surface area contributed by atoms with Gasteiger partial charge in [-0.25, -0.2) is 4.79 Å². The standard InChI is InChI=1S/C17H13ClN4OS/c18-13-7-9-14(10-8-13)19-16(23)20-17-22-21-15(24-17)11-6-12-4-2-1-3-5-12/h1-11H,(H2,19,20,22,23)/b11-6+. The molecule has 0 atom stereocenters. The molecule has 5 nitrogen and oxygen atoms in total. The number of nitrogens with one attached hydrogen (secondary N) is 2. The third-order valence-electron chi connectivity index (χ3n) is 2.98. The zero-order valence-corrected chi connectivity index (χ0v) is 14.0. The van der Waals surface area contributed by atoms with Gasteiger partial charge in [0.15, 0.2) is 0 Å². The van der Waals surface area contributed by atoms with Crippen LogP contribution in [0.5, 0.6) is 0 Å². The number of rotatable bonds is 4. The molecule has 3 aromatic rings. The van der Waals surface area contributed by atoms with E-state index in [0.29, 0.717) is 20.8 Å². The molecule has 120 valence electrons. The Morgan fingerprint density at radius 3 is 2.46 bits per heavy atom. The smallest absolute Gasteiger partial charge is 0.308 e. The third-order valence-corrected chi connectivity index (χ3v) is 4.04. The van der Waals surface area contributed by atoms with Gasteiger partial charge in [0.25, 0.3) is 0 Å². The first-order chi connectivity index (χ1) is 11.7. The second kappa shape index (κ2) is 7.72. The summed E-state index contributed by atoms with van der Waals surface area (Å²) < 4.78 is 0. The van der Waals surface area contributed by atoms with E-state index in [0.717, 1.165) is 5.56 Å². The van der Waals surface area contributed by atoms with Crippen molar-refractivity contribution in [3.63, 3.8) is 0 Å². The lowest BCUT2D eigenvalue weighted by Crippen LogP contribution is -2.19. The molecule has 0 saturated carbocycles. The van der Waals surface area contributed by atoms with Gasteiger partial charge in [-0.1, -0.05) is 59.3 Å². The van der Waals surface area contributed by atoms with Crippen molar-refractivity contribution in [3.8, 4) is 0 Å². The number of nitrogens with zero attached hydrogens (tertiary/aromatic N) is 2. The Balaban J connectivity index is 1.58. The van der Waals surface area contributed by atoms with E-state index < -0.39 is 0 Å². The highest BCUT2D eigenvalue weighted by molar-refractivity contribution is 7.16. The van der Waals surface area contributed by atoms with E-state index in [9.17, 15) is 4.79 Å². The summed E-state index contributed by atoms with van der Waals surface area (Å²) in [6, 6.07) is 16.3. The molecule has 0 spiro atoms. The van der Waals surface area contributed by atoms with Gasteiger partial charge in [0, 0.05) is 10.7 Å². The number of anilines is 2. The van der Waals surface area contributed by atoms with Crippen molar-refractivity contribution < 1.29 is 4.79 Å². The summed E-state index contributed by atoms with van der Waals surface area (Å²) in [7, 11) is 0. The Labute approximate surface area is 148 Å². The number of carbonyl (C=O) groups excluding carboxylic acids is 1. The molecule has 24 heavy (non-hydrogen) atoms. The first kappa shape index (κ1) is 16.2. The van der Waals surface area contributed by atoms with Crippen LogP contribution in [0.15, 0.2) is 54.6 Å². The van der Waals surface area contributed by atoms with Crippen LogP contribution in [0.2, 0.25) is 5.02 Å². The van der Waals surface area contributed by atoms with Crippen LogP contribution in [0.4, 0.5) is 15.6 Å². The third kappa shape index (κ3) is 4.65.